The van der Waals surface area contributed by atoms with Crippen LogP contribution in [0.4, 0.5) is 5.69 Å². The highest BCUT2D eigenvalue weighted by Gasteiger charge is 2.08. The van der Waals surface area contributed by atoms with E-state index in [0.29, 0.717) is 15.7 Å². The van der Waals surface area contributed by atoms with Gasteiger partial charge in [-0.1, -0.05) is 29.3 Å². The second kappa shape index (κ2) is 4.32. The zero-order valence-corrected chi connectivity index (χ0v) is 10.2. The van der Waals surface area contributed by atoms with Gasteiger partial charge in [-0.3, -0.25) is 4.98 Å². The zero-order valence-electron chi connectivity index (χ0n) is 8.67. The maximum atomic E-state index is 6.14. The predicted octanol–water partition coefficient (Wildman–Crippen LogP) is 3.95. The molecule has 0 saturated heterocycles. The first-order chi connectivity index (χ1) is 7.59. The van der Waals surface area contributed by atoms with Crippen LogP contribution in [0.25, 0.3) is 11.1 Å². The lowest BCUT2D eigenvalue weighted by atomic mass is 10.0. The molecule has 0 aliphatic carbocycles. The van der Waals surface area contributed by atoms with E-state index in [1.807, 2.05) is 13.0 Å². The van der Waals surface area contributed by atoms with E-state index in [4.69, 9.17) is 28.9 Å². The molecule has 2 aromatic rings. The van der Waals surface area contributed by atoms with Crippen molar-refractivity contribution in [2.75, 3.05) is 5.73 Å². The maximum Gasteiger partial charge on any atom is 0.0536 e. The van der Waals surface area contributed by atoms with Gasteiger partial charge in [0.2, 0.25) is 0 Å². The minimum Gasteiger partial charge on any atom is -0.397 e. The van der Waals surface area contributed by atoms with Crippen LogP contribution in [0.1, 0.15) is 5.56 Å². The third-order valence-corrected chi connectivity index (χ3v) is 3.02. The van der Waals surface area contributed by atoms with Crippen LogP contribution in [0.5, 0.6) is 0 Å². The molecule has 0 aliphatic heterocycles. The average molecular weight is 253 g/mol. The van der Waals surface area contributed by atoms with Crippen molar-refractivity contribution in [3.63, 3.8) is 0 Å². The Bertz CT molecular complexity index is 539. The summed E-state index contributed by atoms with van der Waals surface area (Å²) in [5, 5.41) is 1.21. The number of rotatable bonds is 1. The second-order valence-electron chi connectivity index (χ2n) is 3.53. The Morgan fingerprint density at radius 2 is 1.88 bits per heavy atom. The Morgan fingerprint density at radius 1 is 1.12 bits per heavy atom. The van der Waals surface area contributed by atoms with Gasteiger partial charge in [0, 0.05) is 27.4 Å². The van der Waals surface area contributed by atoms with E-state index < -0.39 is 0 Å². The number of hydrogen-bond donors (Lipinski definition) is 1. The molecular formula is C12H10Cl2N2. The van der Waals surface area contributed by atoms with Crippen molar-refractivity contribution < 1.29 is 0 Å². The van der Waals surface area contributed by atoms with Gasteiger partial charge in [-0.2, -0.15) is 0 Å². The Kier molecular flexibility index (Phi) is 3.03. The molecule has 2 N–H and O–H groups in total. The molecule has 2 nitrogen and oxygen atoms in total. The van der Waals surface area contributed by atoms with Gasteiger partial charge in [-0.15, -0.1) is 0 Å². The van der Waals surface area contributed by atoms with Gasteiger partial charge < -0.3 is 5.73 Å². The molecule has 0 radical (unpaired) electrons. The number of nitrogen functional groups attached to an aromatic ring is 1. The fraction of sp³-hybridized carbons (Fsp3) is 0.0833. The number of nitrogens with two attached hydrogens (primary N) is 1. The minimum absolute atomic E-state index is 0.600. The van der Waals surface area contributed by atoms with Gasteiger partial charge in [0.1, 0.15) is 0 Å². The first-order valence-electron chi connectivity index (χ1n) is 4.75. The number of nitrogens with zero attached hydrogens (tertiary/aromatic N) is 1. The number of benzene rings is 1. The third kappa shape index (κ3) is 1.99. The first kappa shape index (κ1) is 11.2. The lowest BCUT2D eigenvalue weighted by Crippen LogP contribution is -1.94. The van der Waals surface area contributed by atoms with Gasteiger partial charge in [0.25, 0.3) is 0 Å². The number of anilines is 1. The van der Waals surface area contributed by atoms with Crippen molar-refractivity contribution >= 4 is 28.9 Å². The summed E-state index contributed by atoms with van der Waals surface area (Å²) in [6.45, 7) is 1.94. The zero-order chi connectivity index (χ0) is 11.7. The number of hydrogen-bond acceptors (Lipinski definition) is 2. The van der Waals surface area contributed by atoms with Crippen LogP contribution in [0.15, 0.2) is 30.6 Å². The molecule has 2 rings (SSSR count). The normalized spacial score (nSPS) is 10.4. The van der Waals surface area contributed by atoms with Crippen molar-refractivity contribution in [3.05, 3.63) is 46.2 Å². The highest BCUT2D eigenvalue weighted by atomic mass is 35.5. The quantitative estimate of drug-likeness (QED) is 0.835. The largest absolute Gasteiger partial charge is 0.397 e. The molecular weight excluding hydrogens is 243 g/mol. The Morgan fingerprint density at radius 3 is 2.56 bits per heavy atom. The van der Waals surface area contributed by atoms with Crippen LogP contribution in [0.3, 0.4) is 0 Å². The Hall–Kier alpha value is -1.25. The van der Waals surface area contributed by atoms with E-state index in [2.05, 4.69) is 4.98 Å². The fourth-order valence-electron chi connectivity index (χ4n) is 1.52. The van der Waals surface area contributed by atoms with Crippen molar-refractivity contribution in [1.29, 1.82) is 0 Å². The highest BCUT2D eigenvalue weighted by molar-refractivity contribution is 6.36. The molecule has 0 atom stereocenters. The molecule has 0 aliphatic rings. The average Bonchev–Trinajstić information content (AvgIpc) is 2.23. The van der Waals surface area contributed by atoms with Crippen LogP contribution in [0, 0.1) is 6.92 Å². The molecule has 82 valence electrons. The van der Waals surface area contributed by atoms with Crippen LogP contribution < -0.4 is 5.73 Å². The number of aromatic nitrogens is 1. The molecule has 0 saturated carbocycles. The van der Waals surface area contributed by atoms with Crippen molar-refractivity contribution in [2.24, 2.45) is 0 Å². The molecule has 1 aromatic heterocycles. The summed E-state index contributed by atoms with van der Waals surface area (Å²) in [5.41, 5.74) is 9.26. The summed E-state index contributed by atoms with van der Waals surface area (Å²) < 4.78 is 0. The SMILES string of the molecule is Cc1c(N)cncc1-c1ccc(Cl)cc1Cl. The van der Waals surface area contributed by atoms with Gasteiger partial charge in [0.05, 0.1) is 11.9 Å². The van der Waals surface area contributed by atoms with Crippen molar-refractivity contribution in [3.8, 4) is 11.1 Å². The van der Waals surface area contributed by atoms with Gasteiger partial charge in [-0.05, 0) is 24.6 Å². The maximum absolute atomic E-state index is 6.14. The Labute approximate surface area is 104 Å². The van der Waals surface area contributed by atoms with E-state index in [9.17, 15) is 0 Å². The molecule has 1 aromatic carbocycles. The van der Waals surface area contributed by atoms with E-state index >= 15 is 0 Å². The first-order valence-corrected chi connectivity index (χ1v) is 5.50. The van der Waals surface area contributed by atoms with Gasteiger partial charge in [0.15, 0.2) is 0 Å². The summed E-state index contributed by atoms with van der Waals surface area (Å²) in [4.78, 5) is 4.07. The standard InChI is InChI=1S/C12H10Cl2N2/c1-7-10(5-16-6-12(7)15)9-3-2-8(13)4-11(9)14/h2-6H,15H2,1H3. The number of pyridine rings is 1. The van der Waals surface area contributed by atoms with E-state index in [0.717, 1.165) is 16.7 Å². The molecule has 0 unspecified atom stereocenters. The summed E-state index contributed by atoms with van der Waals surface area (Å²) >= 11 is 12.0. The van der Waals surface area contributed by atoms with Gasteiger partial charge in [-0.25, -0.2) is 0 Å². The molecule has 0 spiro atoms. The fourth-order valence-corrected chi connectivity index (χ4v) is 2.03. The topological polar surface area (TPSA) is 38.9 Å². The second-order valence-corrected chi connectivity index (χ2v) is 4.37. The smallest absolute Gasteiger partial charge is 0.0536 e. The molecule has 4 heteroatoms. The summed E-state index contributed by atoms with van der Waals surface area (Å²) in [6, 6.07) is 5.38. The highest BCUT2D eigenvalue weighted by Crippen LogP contribution is 2.33. The monoisotopic (exact) mass is 252 g/mol. The van der Waals surface area contributed by atoms with Crippen molar-refractivity contribution in [2.45, 2.75) is 6.92 Å². The van der Waals surface area contributed by atoms with Crippen LogP contribution in [-0.4, -0.2) is 4.98 Å². The van der Waals surface area contributed by atoms with Gasteiger partial charge >= 0.3 is 0 Å². The van der Waals surface area contributed by atoms with Crippen LogP contribution >= 0.6 is 23.2 Å². The van der Waals surface area contributed by atoms with E-state index in [1.165, 1.54) is 0 Å². The summed E-state index contributed by atoms with van der Waals surface area (Å²) in [5.74, 6) is 0. The molecule has 0 fully saturated rings. The van der Waals surface area contributed by atoms with E-state index in [-0.39, 0.29) is 0 Å². The summed E-state index contributed by atoms with van der Waals surface area (Å²) in [6.07, 6.45) is 3.38. The molecule has 16 heavy (non-hydrogen) atoms. The molecule has 0 amide bonds. The van der Waals surface area contributed by atoms with Crippen LogP contribution in [0.2, 0.25) is 10.0 Å². The third-order valence-electron chi connectivity index (χ3n) is 2.48. The predicted molar refractivity (Wildman–Crippen MR) is 68.8 cm³/mol. The lowest BCUT2D eigenvalue weighted by Gasteiger charge is -2.09. The summed E-state index contributed by atoms with van der Waals surface area (Å²) in [7, 11) is 0. The molecule has 0 bridgehead atoms. The van der Waals surface area contributed by atoms with Crippen molar-refractivity contribution in [1.82, 2.24) is 4.98 Å². The molecule has 1 heterocycles. The minimum atomic E-state index is 0.600. The number of halogens is 2. The lowest BCUT2D eigenvalue weighted by molar-refractivity contribution is 1.29. The van der Waals surface area contributed by atoms with E-state index in [1.54, 1.807) is 24.5 Å². The Balaban J connectivity index is 2.63. The van der Waals surface area contributed by atoms with Crippen LogP contribution in [-0.2, 0) is 0 Å².